The number of para-hydroxylation sites is 1. The number of carbonyl (C=O) groups is 1. The molecule has 0 aromatic heterocycles. The first-order valence-electron chi connectivity index (χ1n) is 10.9. The third-order valence-electron chi connectivity index (χ3n) is 6.37. The van der Waals surface area contributed by atoms with Gasteiger partial charge >= 0.3 is 6.03 Å². The summed E-state index contributed by atoms with van der Waals surface area (Å²) in [6.07, 6.45) is 1.79. The molecule has 5 heteroatoms. The minimum absolute atomic E-state index is 0.0314. The Morgan fingerprint density at radius 3 is 2.42 bits per heavy atom. The lowest BCUT2D eigenvalue weighted by Crippen LogP contribution is -2.52. The van der Waals surface area contributed by atoms with E-state index in [1.54, 1.807) is 12.1 Å². The molecule has 3 aromatic rings. The third-order valence-corrected chi connectivity index (χ3v) is 6.37. The summed E-state index contributed by atoms with van der Waals surface area (Å²) in [7, 11) is 0. The Hall–Kier alpha value is -3.18. The summed E-state index contributed by atoms with van der Waals surface area (Å²) in [5.74, 6) is -0.193. The molecule has 2 aliphatic rings. The van der Waals surface area contributed by atoms with Gasteiger partial charge in [-0.3, -0.25) is 4.90 Å². The molecule has 0 aliphatic carbocycles. The van der Waals surface area contributed by atoms with Crippen molar-refractivity contribution in [3.05, 3.63) is 101 Å². The van der Waals surface area contributed by atoms with E-state index in [9.17, 15) is 9.18 Å². The summed E-state index contributed by atoms with van der Waals surface area (Å²) in [6, 6.07) is 25.2. The van der Waals surface area contributed by atoms with Gasteiger partial charge in [0.15, 0.2) is 0 Å². The number of likely N-dealkylation sites (tertiary alicyclic amines) is 1. The standard InChI is InChI=1S/C26H26FN3O/c27-21-10-6-7-19(17-21)18-29-15-13-22(14-16-29)30-25(20-8-2-1-3-9-20)23-11-4-5-12-24(23)28-26(30)31/h1-12,17,22,25H,13-16,18H2,(H,28,31). The molecule has 0 bridgehead atoms. The monoisotopic (exact) mass is 415 g/mol. The molecule has 1 unspecified atom stereocenters. The number of rotatable bonds is 4. The molecule has 4 nitrogen and oxygen atoms in total. The van der Waals surface area contributed by atoms with E-state index in [1.807, 2.05) is 47.4 Å². The van der Waals surface area contributed by atoms with Gasteiger partial charge in [-0.25, -0.2) is 9.18 Å². The van der Waals surface area contributed by atoms with Gasteiger partial charge in [0.1, 0.15) is 5.82 Å². The lowest BCUT2D eigenvalue weighted by molar-refractivity contribution is 0.106. The number of nitrogens with zero attached hydrogens (tertiary/aromatic N) is 2. The van der Waals surface area contributed by atoms with Gasteiger partial charge in [0, 0.05) is 36.9 Å². The third kappa shape index (κ3) is 4.06. The molecule has 158 valence electrons. The Kier molecular flexibility index (Phi) is 5.43. The molecule has 2 heterocycles. The van der Waals surface area contributed by atoms with Crippen molar-refractivity contribution in [1.29, 1.82) is 0 Å². The van der Waals surface area contributed by atoms with E-state index < -0.39 is 0 Å². The number of piperidine rings is 1. The van der Waals surface area contributed by atoms with Gasteiger partial charge in [0.2, 0.25) is 0 Å². The lowest BCUT2D eigenvalue weighted by Gasteiger charge is -2.45. The highest BCUT2D eigenvalue weighted by atomic mass is 19.1. The van der Waals surface area contributed by atoms with Crippen LogP contribution in [0.15, 0.2) is 78.9 Å². The Morgan fingerprint density at radius 1 is 0.903 bits per heavy atom. The van der Waals surface area contributed by atoms with Gasteiger partial charge in [-0.15, -0.1) is 0 Å². The van der Waals surface area contributed by atoms with E-state index >= 15 is 0 Å². The van der Waals surface area contributed by atoms with Crippen molar-refractivity contribution in [3.63, 3.8) is 0 Å². The van der Waals surface area contributed by atoms with Crippen LogP contribution in [0.1, 0.15) is 35.6 Å². The average Bonchev–Trinajstić information content (AvgIpc) is 2.79. The fourth-order valence-corrected chi connectivity index (χ4v) is 4.90. The number of urea groups is 1. The number of benzene rings is 3. The van der Waals surface area contributed by atoms with Gasteiger partial charge < -0.3 is 10.2 Å². The van der Waals surface area contributed by atoms with Crippen LogP contribution < -0.4 is 5.32 Å². The van der Waals surface area contributed by atoms with Crippen molar-refractivity contribution in [3.8, 4) is 0 Å². The summed E-state index contributed by atoms with van der Waals surface area (Å²) in [6.45, 7) is 2.50. The van der Waals surface area contributed by atoms with Crippen LogP contribution in [0.3, 0.4) is 0 Å². The molecule has 2 amide bonds. The number of nitrogens with one attached hydrogen (secondary N) is 1. The predicted molar refractivity (Wildman–Crippen MR) is 120 cm³/mol. The molecule has 5 rings (SSSR count). The van der Waals surface area contributed by atoms with E-state index in [0.29, 0.717) is 0 Å². The van der Waals surface area contributed by atoms with E-state index in [1.165, 1.54) is 6.07 Å². The van der Waals surface area contributed by atoms with E-state index in [0.717, 1.165) is 54.9 Å². The molecule has 1 fully saturated rings. The van der Waals surface area contributed by atoms with Crippen LogP contribution in [0.4, 0.5) is 14.9 Å². The van der Waals surface area contributed by atoms with Crippen LogP contribution in [-0.4, -0.2) is 35.0 Å². The van der Waals surface area contributed by atoms with Crippen molar-refractivity contribution in [2.75, 3.05) is 18.4 Å². The first-order valence-corrected chi connectivity index (χ1v) is 10.9. The number of anilines is 1. The van der Waals surface area contributed by atoms with Crippen LogP contribution in [0.25, 0.3) is 0 Å². The van der Waals surface area contributed by atoms with Gasteiger partial charge in [-0.05, 0) is 42.2 Å². The number of hydrogen-bond donors (Lipinski definition) is 1. The molecular formula is C26H26FN3O. The minimum Gasteiger partial charge on any atom is -0.310 e. The molecule has 0 saturated carbocycles. The van der Waals surface area contributed by atoms with Crippen molar-refractivity contribution < 1.29 is 9.18 Å². The van der Waals surface area contributed by atoms with Gasteiger partial charge in [0.05, 0.1) is 6.04 Å². The maximum absolute atomic E-state index is 13.5. The quantitative estimate of drug-likeness (QED) is 0.617. The fraction of sp³-hybridized carbons (Fsp3) is 0.269. The summed E-state index contributed by atoms with van der Waals surface area (Å²) in [5, 5.41) is 3.10. The summed E-state index contributed by atoms with van der Waals surface area (Å²) < 4.78 is 13.5. The molecule has 2 aliphatic heterocycles. The normalized spacial score (nSPS) is 19.7. The van der Waals surface area contributed by atoms with Gasteiger partial charge in [-0.2, -0.15) is 0 Å². The van der Waals surface area contributed by atoms with Crippen molar-refractivity contribution in [1.82, 2.24) is 9.80 Å². The van der Waals surface area contributed by atoms with Crippen LogP contribution in [0.2, 0.25) is 0 Å². The zero-order valence-electron chi connectivity index (χ0n) is 17.4. The minimum atomic E-state index is -0.193. The molecule has 0 spiro atoms. The molecule has 31 heavy (non-hydrogen) atoms. The smallest absolute Gasteiger partial charge is 0.310 e. The number of halogens is 1. The zero-order valence-corrected chi connectivity index (χ0v) is 17.4. The Balaban J connectivity index is 1.37. The van der Waals surface area contributed by atoms with Gasteiger partial charge in [-0.1, -0.05) is 60.7 Å². The molecular weight excluding hydrogens is 389 g/mol. The summed E-state index contributed by atoms with van der Waals surface area (Å²) >= 11 is 0. The van der Waals surface area contributed by atoms with Crippen LogP contribution in [0.5, 0.6) is 0 Å². The number of hydrogen-bond acceptors (Lipinski definition) is 2. The largest absolute Gasteiger partial charge is 0.322 e. The topological polar surface area (TPSA) is 35.6 Å². The van der Waals surface area contributed by atoms with Gasteiger partial charge in [0.25, 0.3) is 0 Å². The molecule has 1 atom stereocenters. The summed E-state index contributed by atoms with van der Waals surface area (Å²) in [4.78, 5) is 17.6. The highest BCUT2D eigenvalue weighted by Gasteiger charge is 2.38. The second kappa shape index (κ2) is 8.52. The Labute approximate surface area is 182 Å². The first kappa shape index (κ1) is 19.8. The van der Waals surface area contributed by atoms with Crippen LogP contribution >= 0.6 is 0 Å². The van der Waals surface area contributed by atoms with Crippen molar-refractivity contribution >= 4 is 11.7 Å². The molecule has 3 aromatic carbocycles. The number of amides is 2. The second-order valence-electron chi connectivity index (χ2n) is 8.38. The lowest BCUT2D eigenvalue weighted by atomic mass is 9.90. The maximum atomic E-state index is 13.5. The SMILES string of the molecule is O=C1Nc2ccccc2C(c2ccccc2)N1C1CCN(Cc2cccc(F)c2)CC1. The fourth-order valence-electron chi connectivity index (χ4n) is 4.90. The van der Waals surface area contributed by atoms with Crippen LogP contribution in [-0.2, 0) is 6.54 Å². The second-order valence-corrected chi connectivity index (χ2v) is 8.38. The van der Waals surface area contributed by atoms with E-state index in [4.69, 9.17) is 0 Å². The molecule has 0 radical (unpaired) electrons. The number of fused-ring (bicyclic) bond motifs is 1. The Bertz CT molecular complexity index is 1060. The average molecular weight is 416 g/mol. The van der Waals surface area contributed by atoms with Crippen molar-refractivity contribution in [2.24, 2.45) is 0 Å². The van der Waals surface area contributed by atoms with Crippen molar-refractivity contribution in [2.45, 2.75) is 31.5 Å². The highest BCUT2D eigenvalue weighted by molar-refractivity contribution is 5.93. The predicted octanol–water partition coefficient (Wildman–Crippen LogP) is 5.43. The highest BCUT2D eigenvalue weighted by Crippen LogP contribution is 2.40. The van der Waals surface area contributed by atoms with Crippen LogP contribution in [0, 0.1) is 5.82 Å². The number of carbonyl (C=O) groups excluding carboxylic acids is 1. The summed E-state index contributed by atoms with van der Waals surface area (Å²) in [5.41, 5.74) is 4.15. The molecule has 1 saturated heterocycles. The maximum Gasteiger partial charge on any atom is 0.322 e. The Morgan fingerprint density at radius 2 is 1.65 bits per heavy atom. The zero-order chi connectivity index (χ0) is 21.2. The van der Waals surface area contributed by atoms with E-state index in [2.05, 4.69) is 28.4 Å². The van der Waals surface area contributed by atoms with E-state index in [-0.39, 0.29) is 23.9 Å². The molecule has 1 N–H and O–H groups in total. The first-order chi connectivity index (χ1) is 15.2.